The Labute approximate surface area is 181 Å². The standard InChI is InChI=1S/C20H20FN5O2S2/c1-26-17(11-22-19(28)13-6-8-14(21)9-7-13)24-25-20(26)30-12-18(27)23-15-4-3-5-16(10-15)29-2/h3-10H,11-12H2,1-2H3,(H,22,28)(H,23,27). The Balaban J connectivity index is 1.51. The summed E-state index contributed by atoms with van der Waals surface area (Å²) in [4.78, 5) is 25.4. The van der Waals surface area contributed by atoms with Crippen molar-refractivity contribution >= 4 is 41.0 Å². The summed E-state index contributed by atoms with van der Waals surface area (Å²) in [6.07, 6.45) is 1.98. The van der Waals surface area contributed by atoms with Gasteiger partial charge in [0.25, 0.3) is 5.91 Å². The number of aromatic nitrogens is 3. The van der Waals surface area contributed by atoms with Crippen LogP contribution in [0.3, 0.4) is 0 Å². The summed E-state index contributed by atoms with van der Waals surface area (Å²) >= 11 is 2.86. The number of hydrogen-bond donors (Lipinski definition) is 2. The highest BCUT2D eigenvalue weighted by Gasteiger charge is 2.13. The van der Waals surface area contributed by atoms with E-state index in [9.17, 15) is 14.0 Å². The van der Waals surface area contributed by atoms with Crippen LogP contribution in [-0.4, -0.2) is 38.6 Å². The zero-order valence-electron chi connectivity index (χ0n) is 16.4. The second-order valence-corrected chi connectivity index (χ2v) is 8.04. The first kappa shape index (κ1) is 21.8. The Kier molecular flexibility index (Phi) is 7.47. The number of amides is 2. The van der Waals surface area contributed by atoms with E-state index in [4.69, 9.17) is 0 Å². The molecule has 0 aliphatic heterocycles. The molecule has 0 aliphatic rings. The van der Waals surface area contributed by atoms with Crippen molar-refractivity contribution in [2.45, 2.75) is 16.6 Å². The lowest BCUT2D eigenvalue weighted by molar-refractivity contribution is -0.113. The van der Waals surface area contributed by atoms with E-state index >= 15 is 0 Å². The average molecular weight is 446 g/mol. The van der Waals surface area contributed by atoms with Gasteiger partial charge in [-0.15, -0.1) is 22.0 Å². The molecule has 156 valence electrons. The molecule has 1 heterocycles. The first-order chi connectivity index (χ1) is 14.5. The maximum atomic E-state index is 13.0. The lowest BCUT2D eigenvalue weighted by Gasteiger charge is -2.07. The average Bonchev–Trinajstić information content (AvgIpc) is 3.10. The van der Waals surface area contributed by atoms with Crippen LogP contribution in [0, 0.1) is 5.82 Å². The molecule has 30 heavy (non-hydrogen) atoms. The highest BCUT2D eigenvalue weighted by molar-refractivity contribution is 7.99. The van der Waals surface area contributed by atoms with Crippen molar-refractivity contribution in [3.05, 3.63) is 65.7 Å². The van der Waals surface area contributed by atoms with Gasteiger partial charge in [-0.05, 0) is 48.7 Å². The molecule has 0 saturated carbocycles. The monoisotopic (exact) mass is 445 g/mol. The van der Waals surface area contributed by atoms with Crippen LogP contribution in [0.4, 0.5) is 10.1 Å². The van der Waals surface area contributed by atoms with Crippen molar-refractivity contribution in [2.75, 3.05) is 17.3 Å². The molecule has 3 rings (SSSR count). The number of thioether (sulfide) groups is 2. The molecule has 0 atom stereocenters. The van der Waals surface area contributed by atoms with E-state index in [2.05, 4.69) is 20.8 Å². The summed E-state index contributed by atoms with van der Waals surface area (Å²) in [5, 5.41) is 14.3. The SMILES string of the molecule is CSc1cccc(NC(=O)CSc2nnc(CNC(=O)c3ccc(F)cc3)n2C)c1. The fourth-order valence-electron chi connectivity index (χ4n) is 2.52. The lowest BCUT2D eigenvalue weighted by atomic mass is 10.2. The predicted molar refractivity (Wildman–Crippen MR) is 116 cm³/mol. The van der Waals surface area contributed by atoms with Gasteiger partial charge >= 0.3 is 0 Å². The third-order valence-corrected chi connectivity index (χ3v) is 5.87. The van der Waals surface area contributed by atoms with Gasteiger partial charge in [-0.2, -0.15) is 0 Å². The van der Waals surface area contributed by atoms with Crippen molar-refractivity contribution in [2.24, 2.45) is 7.05 Å². The van der Waals surface area contributed by atoms with Crippen molar-refractivity contribution in [3.8, 4) is 0 Å². The zero-order chi connectivity index (χ0) is 21.5. The van der Waals surface area contributed by atoms with Crippen LogP contribution in [0.1, 0.15) is 16.2 Å². The minimum absolute atomic E-state index is 0.146. The largest absolute Gasteiger partial charge is 0.345 e. The van der Waals surface area contributed by atoms with E-state index in [1.807, 2.05) is 30.5 Å². The smallest absolute Gasteiger partial charge is 0.251 e. The van der Waals surface area contributed by atoms with Crippen molar-refractivity contribution in [3.63, 3.8) is 0 Å². The third kappa shape index (κ3) is 5.83. The van der Waals surface area contributed by atoms with E-state index in [0.717, 1.165) is 10.6 Å². The van der Waals surface area contributed by atoms with Gasteiger partial charge in [-0.25, -0.2) is 4.39 Å². The van der Waals surface area contributed by atoms with Crippen LogP contribution in [0.5, 0.6) is 0 Å². The number of nitrogens with one attached hydrogen (secondary N) is 2. The van der Waals surface area contributed by atoms with Gasteiger partial charge in [0, 0.05) is 23.2 Å². The van der Waals surface area contributed by atoms with Gasteiger partial charge < -0.3 is 15.2 Å². The summed E-state index contributed by atoms with van der Waals surface area (Å²) in [6, 6.07) is 12.9. The number of halogens is 1. The molecular formula is C20H20FN5O2S2. The Bertz CT molecular complexity index is 1040. The van der Waals surface area contributed by atoms with Gasteiger partial charge in [0.1, 0.15) is 5.82 Å². The van der Waals surface area contributed by atoms with Crippen LogP contribution in [-0.2, 0) is 18.4 Å². The van der Waals surface area contributed by atoms with E-state index in [1.54, 1.807) is 23.4 Å². The molecule has 0 aliphatic carbocycles. The van der Waals surface area contributed by atoms with Crippen molar-refractivity contribution in [1.29, 1.82) is 0 Å². The van der Waals surface area contributed by atoms with Crippen LogP contribution in [0.25, 0.3) is 0 Å². The molecule has 2 amide bonds. The van der Waals surface area contributed by atoms with E-state index in [1.165, 1.54) is 36.0 Å². The molecule has 0 unspecified atom stereocenters. The highest BCUT2D eigenvalue weighted by Crippen LogP contribution is 2.20. The molecule has 0 radical (unpaired) electrons. The topological polar surface area (TPSA) is 88.9 Å². The number of anilines is 1. The predicted octanol–water partition coefficient (Wildman–Crippen LogP) is 3.34. The van der Waals surface area contributed by atoms with Crippen molar-refractivity contribution in [1.82, 2.24) is 20.1 Å². The van der Waals surface area contributed by atoms with Crippen LogP contribution in [0.15, 0.2) is 58.6 Å². The quantitative estimate of drug-likeness (QED) is 0.517. The lowest BCUT2D eigenvalue weighted by Crippen LogP contribution is -2.24. The van der Waals surface area contributed by atoms with Crippen LogP contribution in [0.2, 0.25) is 0 Å². The van der Waals surface area contributed by atoms with E-state index in [-0.39, 0.29) is 24.1 Å². The number of hydrogen-bond acceptors (Lipinski definition) is 6. The van der Waals surface area contributed by atoms with Gasteiger partial charge in [0.2, 0.25) is 5.91 Å². The Morgan fingerprint density at radius 2 is 1.90 bits per heavy atom. The van der Waals surface area contributed by atoms with Gasteiger partial charge in [-0.3, -0.25) is 9.59 Å². The number of carbonyl (C=O) groups is 2. The zero-order valence-corrected chi connectivity index (χ0v) is 18.0. The molecule has 7 nitrogen and oxygen atoms in total. The molecule has 0 spiro atoms. The molecule has 3 aromatic rings. The number of carbonyl (C=O) groups excluding carboxylic acids is 2. The van der Waals surface area contributed by atoms with Crippen LogP contribution < -0.4 is 10.6 Å². The maximum absolute atomic E-state index is 13.0. The molecular weight excluding hydrogens is 425 g/mol. The summed E-state index contributed by atoms with van der Waals surface area (Å²) in [7, 11) is 1.77. The van der Waals surface area contributed by atoms with Gasteiger partial charge in [0.05, 0.1) is 12.3 Å². The highest BCUT2D eigenvalue weighted by atomic mass is 32.2. The van der Waals surface area contributed by atoms with Gasteiger partial charge in [-0.1, -0.05) is 17.8 Å². The van der Waals surface area contributed by atoms with Crippen LogP contribution >= 0.6 is 23.5 Å². The Morgan fingerprint density at radius 1 is 1.13 bits per heavy atom. The minimum Gasteiger partial charge on any atom is -0.345 e. The fourth-order valence-corrected chi connectivity index (χ4v) is 3.70. The third-order valence-electron chi connectivity index (χ3n) is 4.12. The molecule has 0 bridgehead atoms. The van der Waals surface area contributed by atoms with Crippen molar-refractivity contribution < 1.29 is 14.0 Å². The van der Waals surface area contributed by atoms with E-state index in [0.29, 0.717) is 16.5 Å². The summed E-state index contributed by atoms with van der Waals surface area (Å²) < 4.78 is 14.7. The maximum Gasteiger partial charge on any atom is 0.251 e. The first-order valence-electron chi connectivity index (χ1n) is 8.95. The minimum atomic E-state index is -0.400. The molecule has 10 heteroatoms. The molecule has 0 fully saturated rings. The fraction of sp³-hybridized carbons (Fsp3) is 0.200. The summed E-state index contributed by atoms with van der Waals surface area (Å²) in [6.45, 7) is 0.161. The summed E-state index contributed by atoms with van der Waals surface area (Å²) in [5.41, 5.74) is 1.10. The number of nitrogens with zero attached hydrogens (tertiary/aromatic N) is 3. The van der Waals surface area contributed by atoms with E-state index < -0.39 is 5.82 Å². The Hall–Kier alpha value is -2.85. The normalized spacial score (nSPS) is 10.6. The molecule has 2 aromatic carbocycles. The molecule has 0 saturated heterocycles. The first-order valence-corrected chi connectivity index (χ1v) is 11.2. The molecule has 1 aromatic heterocycles. The number of rotatable bonds is 8. The number of benzene rings is 2. The second kappa shape index (κ2) is 10.3. The Morgan fingerprint density at radius 3 is 2.63 bits per heavy atom. The second-order valence-electron chi connectivity index (χ2n) is 6.22. The molecule has 2 N–H and O–H groups in total. The summed E-state index contributed by atoms with van der Waals surface area (Å²) in [5.74, 6) is -0.160. The van der Waals surface area contributed by atoms with Gasteiger partial charge in [0.15, 0.2) is 11.0 Å².